The van der Waals surface area contributed by atoms with E-state index in [0.29, 0.717) is 35.1 Å². The highest BCUT2D eigenvalue weighted by atomic mass is 16.5. The lowest BCUT2D eigenvalue weighted by molar-refractivity contribution is 0.324. The van der Waals surface area contributed by atoms with Crippen LogP contribution in [-0.4, -0.2) is 47.4 Å². The number of nitrogens with zero attached hydrogens (tertiary/aromatic N) is 3. The largest absolute Gasteiger partial charge is 0.493 e. The fourth-order valence-corrected chi connectivity index (χ4v) is 2.30. The molecule has 0 radical (unpaired) electrons. The molecule has 8 nitrogen and oxygen atoms in total. The Balaban J connectivity index is 1.87. The van der Waals surface area contributed by atoms with E-state index in [1.54, 1.807) is 33.5 Å². The molecule has 8 heteroatoms. The predicted molar refractivity (Wildman–Crippen MR) is 93.2 cm³/mol. The van der Waals surface area contributed by atoms with Crippen molar-refractivity contribution in [1.82, 2.24) is 15.0 Å². The molecule has 0 atom stereocenters. The number of methoxy groups -OCH3 is 3. The van der Waals surface area contributed by atoms with Crippen molar-refractivity contribution in [2.45, 2.75) is 18.9 Å². The summed E-state index contributed by atoms with van der Waals surface area (Å²) < 4.78 is 16.0. The van der Waals surface area contributed by atoms with Crippen molar-refractivity contribution in [1.29, 1.82) is 0 Å². The van der Waals surface area contributed by atoms with E-state index in [9.17, 15) is 5.11 Å². The fourth-order valence-electron chi connectivity index (χ4n) is 2.30. The molecule has 1 saturated carbocycles. The van der Waals surface area contributed by atoms with E-state index in [2.05, 4.69) is 20.3 Å². The van der Waals surface area contributed by atoms with Crippen LogP contribution in [0.3, 0.4) is 0 Å². The molecule has 132 valence electrons. The molecule has 2 aromatic rings. The van der Waals surface area contributed by atoms with Crippen LogP contribution in [0.1, 0.15) is 24.2 Å². The third-order valence-electron chi connectivity index (χ3n) is 3.66. The molecule has 2 N–H and O–H groups in total. The molecule has 0 bridgehead atoms. The van der Waals surface area contributed by atoms with Crippen LogP contribution < -0.4 is 19.5 Å². The molecule has 1 aromatic heterocycles. The molecule has 1 fully saturated rings. The molecule has 0 aliphatic heterocycles. The lowest BCUT2D eigenvalue weighted by Gasteiger charge is -2.12. The molecular formula is C17H20N4O4. The van der Waals surface area contributed by atoms with Gasteiger partial charge >= 0.3 is 6.01 Å². The van der Waals surface area contributed by atoms with Gasteiger partial charge in [-0.05, 0) is 36.6 Å². The zero-order valence-electron chi connectivity index (χ0n) is 14.3. The number of ether oxygens (including phenoxy) is 3. The van der Waals surface area contributed by atoms with Crippen molar-refractivity contribution in [3.05, 3.63) is 23.5 Å². The monoisotopic (exact) mass is 344 g/mol. The summed E-state index contributed by atoms with van der Waals surface area (Å²) in [6.45, 7) is 0. The second kappa shape index (κ2) is 7.25. The minimum Gasteiger partial charge on any atom is -0.493 e. The van der Waals surface area contributed by atoms with Gasteiger partial charge in [0, 0.05) is 6.04 Å². The summed E-state index contributed by atoms with van der Waals surface area (Å²) in [5.41, 5.74) is 0.811. The minimum absolute atomic E-state index is 0.317. The molecule has 1 aromatic carbocycles. The third-order valence-corrected chi connectivity index (χ3v) is 3.66. The summed E-state index contributed by atoms with van der Waals surface area (Å²) in [5, 5.41) is 12.8. The summed E-state index contributed by atoms with van der Waals surface area (Å²) in [6, 6.07) is 3.68. The van der Waals surface area contributed by atoms with Gasteiger partial charge in [-0.1, -0.05) is 6.08 Å². The molecule has 0 amide bonds. The molecule has 0 saturated heterocycles. The van der Waals surface area contributed by atoms with E-state index in [4.69, 9.17) is 14.2 Å². The van der Waals surface area contributed by atoms with Crippen molar-refractivity contribution in [3.63, 3.8) is 0 Å². The summed E-state index contributed by atoms with van der Waals surface area (Å²) in [6.07, 6.45) is 5.65. The van der Waals surface area contributed by atoms with Gasteiger partial charge in [0.05, 0.1) is 21.3 Å². The normalized spacial score (nSPS) is 13.7. The lowest BCUT2D eigenvalue weighted by atomic mass is 10.1. The lowest BCUT2D eigenvalue weighted by Crippen LogP contribution is -2.07. The van der Waals surface area contributed by atoms with E-state index >= 15 is 0 Å². The molecule has 0 unspecified atom stereocenters. The van der Waals surface area contributed by atoms with Crippen LogP contribution in [0.4, 0.5) is 5.95 Å². The average molecular weight is 344 g/mol. The van der Waals surface area contributed by atoms with E-state index in [0.717, 1.165) is 18.4 Å². The molecule has 3 rings (SSSR count). The summed E-state index contributed by atoms with van der Waals surface area (Å²) in [4.78, 5) is 12.1. The predicted octanol–water partition coefficient (Wildman–Crippen LogP) is 2.35. The third kappa shape index (κ3) is 4.09. The van der Waals surface area contributed by atoms with Gasteiger partial charge < -0.3 is 24.6 Å². The molecular weight excluding hydrogens is 324 g/mol. The van der Waals surface area contributed by atoms with Crippen LogP contribution in [0.15, 0.2) is 12.1 Å². The number of nitrogens with one attached hydrogen (secondary N) is 1. The smallest absolute Gasteiger partial charge is 0.319 e. The standard InChI is InChI=1S/C17H20N4O4/c1-23-12-8-10(9-13(24-2)15(12)25-3)4-7-14-19-16(18-11-5-6-11)21-17(22)20-14/h4,7-9,11H,5-6H2,1-3H3,(H2,18,19,20,21,22). The van der Waals surface area contributed by atoms with Crippen LogP contribution >= 0.6 is 0 Å². The van der Waals surface area contributed by atoms with E-state index in [-0.39, 0.29) is 6.01 Å². The first-order valence-electron chi connectivity index (χ1n) is 7.82. The number of aromatic nitrogens is 3. The van der Waals surface area contributed by atoms with E-state index < -0.39 is 0 Å². The molecule has 0 spiro atoms. The van der Waals surface area contributed by atoms with Crippen LogP contribution in [0.25, 0.3) is 12.2 Å². The minimum atomic E-state index is -0.317. The SMILES string of the molecule is COc1cc(C=Cc2nc(O)nc(NC3CC3)n2)cc(OC)c1OC. The quantitative estimate of drug-likeness (QED) is 0.790. The maximum absolute atomic E-state index is 9.66. The van der Waals surface area contributed by atoms with Gasteiger partial charge in [0.1, 0.15) is 0 Å². The van der Waals surface area contributed by atoms with Crippen LogP contribution in [0.2, 0.25) is 0 Å². The summed E-state index contributed by atoms with van der Waals surface area (Å²) >= 11 is 0. The highest BCUT2D eigenvalue weighted by Gasteiger charge is 2.22. The zero-order chi connectivity index (χ0) is 17.8. The Hall–Kier alpha value is -3.03. The molecule has 1 aliphatic carbocycles. The summed E-state index contributed by atoms with van der Waals surface area (Å²) in [5.74, 6) is 2.35. The highest BCUT2D eigenvalue weighted by Crippen LogP contribution is 2.38. The van der Waals surface area contributed by atoms with Crippen molar-refractivity contribution < 1.29 is 19.3 Å². The number of rotatable bonds is 7. The van der Waals surface area contributed by atoms with Crippen molar-refractivity contribution in [2.75, 3.05) is 26.6 Å². The number of benzene rings is 1. The highest BCUT2D eigenvalue weighted by molar-refractivity contribution is 5.71. The number of hydrogen-bond donors (Lipinski definition) is 2. The van der Waals surface area contributed by atoms with Gasteiger partial charge in [0.25, 0.3) is 0 Å². The maximum Gasteiger partial charge on any atom is 0.319 e. The second-order valence-corrected chi connectivity index (χ2v) is 5.53. The Morgan fingerprint density at radius 3 is 2.24 bits per heavy atom. The van der Waals surface area contributed by atoms with E-state index in [1.807, 2.05) is 12.1 Å². The molecule has 1 aliphatic rings. The second-order valence-electron chi connectivity index (χ2n) is 5.53. The fraction of sp³-hybridized carbons (Fsp3) is 0.353. The Labute approximate surface area is 145 Å². The van der Waals surface area contributed by atoms with Crippen LogP contribution in [0, 0.1) is 0 Å². The Morgan fingerprint density at radius 1 is 1.00 bits per heavy atom. The van der Waals surface area contributed by atoms with Crippen molar-refractivity contribution in [2.24, 2.45) is 0 Å². The number of aromatic hydroxyl groups is 1. The van der Waals surface area contributed by atoms with Crippen LogP contribution in [0.5, 0.6) is 23.3 Å². The topological polar surface area (TPSA) is 98.6 Å². The van der Waals surface area contributed by atoms with Crippen molar-refractivity contribution >= 4 is 18.1 Å². The first-order chi connectivity index (χ1) is 12.1. The van der Waals surface area contributed by atoms with Gasteiger partial charge in [0.15, 0.2) is 17.3 Å². The summed E-state index contributed by atoms with van der Waals surface area (Å²) in [7, 11) is 4.67. The average Bonchev–Trinajstić information content (AvgIpc) is 3.42. The van der Waals surface area contributed by atoms with Crippen molar-refractivity contribution in [3.8, 4) is 23.3 Å². The maximum atomic E-state index is 9.66. The zero-order valence-corrected chi connectivity index (χ0v) is 14.3. The van der Waals surface area contributed by atoms with E-state index in [1.165, 1.54) is 0 Å². The van der Waals surface area contributed by atoms with Crippen LogP contribution in [-0.2, 0) is 0 Å². The Morgan fingerprint density at radius 2 is 1.68 bits per heavy atom. The molecule has 25 heavy (non-hydrogen) atoms. The first-order valence-corrected chi connectivity index (χ1v) is 7.82. The van der Waals surface area contributed by atoms with Gasteiger partial charge in [-0.25, -0.2) is 0 Å². The Bertz CT molecular complexity index is 765. The van der Waals surface area contributed by atoms with Gasteiger partial charge in [0.2, 0.25) is 11.7 Å². The van der Waals surface area contributed by atoms with Gasteiger partial charge in [-0.2, -0.15) is 15.0 Å². The van der Waals surface area contributed by atoms with Gasteiger partial charge in [-0.15, -0.1) is 0 Å². The Kier molecular flexibility index (Phi) is 4.87. The van der Waals surface area contributed by atoms with Gasteiger partial charge in [-0.3, -0.25) is 0 Å². The molecule has 1 heterocycles. The number of anilines is 1. The number of hydrogen-bond acceptors (Lipinski definition) is 8. The first kappa shape index (κ1) is 16.8.